The lowest BCUT2D eigenvalue weighted by Gasteiger charge is -2.33. The number of anilines is 4. The highest BCUT2D eigenvalue weighted by Crippen LogP contribution is 2.34. The van der Waals surface area contributed by atoms with Crippen LogP contribution in [0.3, 0.4) is 0 Å². The molecule has 1 aromatic heterocycles. The molecule has 0 bridgehead atoms. The highest BCUT2D eigenvalue weighted by Gasteiger charge is 2.29. The van der Waals surface area contributed by atoms with Crippen LogP contribution in [0.2, 0.25) is 0 Å². The van der Waals surface area contributed by atoms with Gasteiger partial charge >= 0.3 is 0 Å². The summed E-state index contributed by atoms with van der Waals surface area (Å²) in [4.78, 5) is 14.5. The molecule has 1 unspecified atom stereocenters. The molecule has 0 saturated carbocycles. The van der Waals surface area contributed by atoms with E-state index in [9.17, 15) is 8.76 Å². The van der Waals surface area contributed by atoms with Gasteiger partial charge in [0, 0.05) is 38.8 Å². The zero-order valence-electron chi connectivity index (χ0n) is 19.4. The van der Waals surface area contributed by atoms with Crippen LogP contribution in [0.4, 0.5) is 23.3 Å². The topological polar surface area (TPSA) is 120 Å². The average Bonchev–Trinajstić information content (AvgIpc) is 2.83. The Morgan fingerprint density at radius 3 is 2.48 bits per heavy atom. The van der Waals surface area contributed by atoms with Gasteiger partial charge in [0.15, 0.2) is 16.5 Å². The summed E-state index contributed by atoms with van der Waals surface area (Å²) in [5.41, 5.74) is 11.1. The van der Waals surface area contributed by atoms with Gasteiger partial charge in [0.2, 0.25) is 16.2 Å². The molecule has 0 spiro atoms. The lowest BCUT2D eigenvalue weighted by Crippen LogP contribution is -2.40. The summed E-state index contributed by atoms with van der Waals surface area (Å²) in [7, 11) is -1.34. The zero-order chi connectivity index (χ0) is 23.4. The number of hydrogen-bond acceptors (Lipinski definition) is 9. The summed E-state index contributed by atoms with van der Waals surface area (Å²) in [6.07, 6.45) is 4.76. The second-order valence-electron chi connectivity index (χ2n) is 8.45. The van der Waals surface area contributed by atoms with E-state index in [-0.39, 0.29) is 0 Å². The molecular formula is C22H34N7O3S+. The zero-order valence-corrected chi connectivity index (χ0v) is 20.2. The number of rotatable bonds is 7. The minimum Gasteiger partial charge on any atom is -0.393 e. The largest absolute Gasteiger partial charge is 0.393 e. The molecule has 2 aliphatic rings. The van der Waals surface area contributed by atoms with Gasteiger partial charge in [-0.15, -0.1) is 0 Å². The van der Waals surface area contributed by atoms with Gasteiger partial charge in [-0.05, 0) is 25.3 Å². The lowest BCUT2D eigenvalue weighted by molar-refractivity contribution is 0.122. The first-order valence-electron chi connectivity index (χ1n) is 11.4. The molecule has 10 nitrogen and oxygen atoms in total. The molecule has 4 rings (SSSR count). The fourth-order valence-corrected chi connectivity index (χ4v) is 5.28. The maximum absolute atomic E-state index is 12.4. The summed E-state index contributed by atoms with van der Waals surface area (Å²) in [6.45, 7) is 4.84. The van der Waals surface area contributed by atoms with Crippen molar-refractivity contribution >= 4 is 33.5 Å². The molecular weight excluding hydrogens is 442 g/mol. The molecule has 2 saturated heterocycles. The average molecular weight is 477 g/mol. The van der Waals surface area contributed by atoms with E-state index in [1.807, 2.05) is 17.1 Å². The first-order valence-corrected chi connectivity index (χ1v) is 13.3. The van der Waals surface area contributed by atoms with E-state index in [0.29, 0.717) is 55.2 Å². The van der Waals surface area contributed by atoms with Crippen molar-refractivity contribution in [3.63, 3.8) is 0 Å². The Morgan fingerprint density at radius 1 is 1.12 bits per heavy atom. The van der Waals surface area contributed by atoms with Crippen LogP contribution >= 0.6 is 0 Å². The molecule has 2 fully saturated rings. The highest BCUT2D eigenvalue weighted by atomic mass is 32.3. The summed E-state index contributed by atoms with van der Waals surface area (Å²) in [6, 6.07) is 7.17. The van der Waals surface area contributed by atoms with Gasteiger partial charge < -0.3 is 20.3 Å². The number of nitrogens with two attached hydrogens (primary N) is 1. The molecule has 0 amide bonds. The molecule has 180 valence electrons. The maximum atomic E-state index is 12.4. The summed E-state index contributed by atoms with van der Waals surface area (Å²) in [5.74, 6) is 1.93. The molecule has 0 aliphatic carbocycles. The normalized spacial score (nSPS) is 18.8. The molecule has 0 radical (unpaired) electrons. The number of benzene rings is 1. The minimum absolute atomic E-state index is 0.321. The van der Waals surface area contributed by atoms with Gasteiger partial charge in [-0.1, -0.05) is 22.4 Å². The number of hydrazine groups is 1. The molecule has 2 aromatic rings. The van der Waals surface area contributed by atoms with E-state index in [4.69, 9.17) is 20.4 Å². The number of nitrogen functional groups attached to an aromatic ring is 1. The number of piperidine rings is 1. The third-order valence-electron chi connectivity index (χ3n) is 6.08. The number of morpholine rings is 1. The molecule has 2 aliphatic heterocycles. The van der Waals surface area contributed by atoms with Gasteiger partial charge in [-0.25, -0.2) is 5.43 Å². The van der Waals surface area contributed by atoms with Gasteiger partial charge in [0.05, 0.1) is 19.8 Å². The van der Waals surface area contributed by atoms with Gasteiger partial charge in [-0.3, -0.25) is 5.01 Å². The molecule has 11 heteroatoms. The van der Waals surface area contributed by atoms with Crippen molar-refractivity contribution in [2.45, 2.75) is 30.7 Å². The number of aromatic nitrogens is 2. The first kappa shape index (κ1) is 23.7. The maximum Gasteiger partial charge on any atom is 0.245 e. The smallest absolute Gasteiger partial charge is 0.245 e. The Hall–Kier alpha value is -2.47. The van der Waals surface area contributed by atoms with Crippen molar-refractivity contribution in [1.82, 2.24) is 15.4 Å². The number of ether oxygens (including phenoxy) is 1. The van der Waals surface area contributed by atoms with E-state index < -0.39 is 10.2 Å². The lowest BCUT2D eigenvalue weighted by atomic mass is 10.1. The fraction of sp³-hybridized carbons (Fsp3) is 0.545. The van der Waals surface area contributed by atoms with Crippen molar-refractivity contribution in [1.29, 1.82) is 0 Å². The van der Waals surface area contributed by atoms with Crippen LogP contribution in [0.25, 0.3) is 0 Å². The monoisotopic (exact) mass is 476 g/mol. The van der Waals surface area contributed by atoms with E-state index >= 15 is 0 Å². The van der Waals surface area contributed by atoms with E-state index in [0.717, 1.165) is 37.3 Å². The second-order valence-corrected chi connectivity index (χ2v) is 10.5. The second kappa shape index (κ2) is 10.2. The molecule has 3 heterocycles. The van der Waals surface area contributed by atoms with E-state index in [1.165, 1.54) is 12.7 Å². The summed E-state index contributed by atoms with van der Waals surface area (Å²) in [5, 5.41) is 1.82. The van der Waals surface area contributed by atoms with Crippen LogP contribution in [-0.4, -0.2) is 67.2 Å². The first-order chi connectivity index (χ1) is 15.9. The van der Waals surface area contributed by atoms with E-state index in [2.05, 4.69) is 15.2 Å². The van der Waals surface area contributed by atoms with Crippen molar-refractivity contribution in [2.75, 3.05) is 73.2 Å². The Bertz CT molecular complexity index is 1000. The quantitative estimate of drug-likeness (QED) is 0.404. The van der Waals surface area contributed by atoms with Gasteiger partial charge in [-0.2, -0.15) is 14.5 Å². The van der Waals surface area contributed by atoms with Crippen molar-refractivity contribution in [3.8, 4) is 0 Å². The molecule has 1 aromatic carbocycles. The van der Waals surface area contributed by atoms with Crippen LogP contribution in [0.1, 0.15) is 24.8 Å². The Morgan fingerprint density at radius 2 is 1.82 bits per heavy atom. The molecule has 1 atom stereocenters. The predicted octanol–water partition coefficient (Wildman–Crippen LogP) is 1.99. The third-order valence-corrected chi connectivity index (χ3v) is 7.29. The van der Waals surface area contributed by atoms with E-state index in [1.54, 1.807) is 19.2 Å². The summed E-state index contributed by atoms with van der Waals surface area (Å²) < 4.78 is 28.2. The van der Waals surface area contributed by atoms with Crippen LogP contribution in [0.15, 0.2) is 29.2 Å². The summed E-state index contributed by atoms with van der Waals surface area (Å²) >= 11 is 0. The molecule has 33 heavy (non-hydrogen) atoms. The third kappa shape index (κ3) is 5.37. The van der Waals surface area contributed by atoms with Gasteiger partial charge in [0.25, 0.3) is 0 Å². The predicted molar refractivity (Wildman–Crippen MR) is 132 cm³/mol. The standard InChI is InChI=1S/C22H33N7O3S/c1-24-29(16-17-8-4-5-9-18(17)33(2,30)31)21-19(23)20(27-10-6-3-7-11-27)25-22(26-21)28-12-14-32-15-13-28/h4-5,8-9,24H,3,6-7,10-16,23H2,1-2H3/p+1. The van der Waals surface area contributed by atoms with Crippen LogP contribution in [0, 0.1) is 0 Å². The molecule has 4 N–H and O–H groups in total. The SMILES string of the molecule is CNN(Cc1ccccc1[S+](C)(=O)O)c1nc(N2CCOCC2)nc(N2CCCCC2)c1N. The van der Waals surface area contributed by atoms with Crippen LogP contribution in [-0.2, 0) is 25.7 Å². The number of nitrogens with zero attached hydrogens (tertiary/aromatic N) is 5. The minimum atomic E-state index is -3.13. The van der Waals surface area contributed by atoms with Crippen molar-refractivity contribution in [3.05, 3.63) is 29.8 Å². The number of nitrogens with one attached hydrogen (secondary N) is 1. The number of hydrogen-bond donors (Lipinski definition) is 3. The van der Waals surface area contributed by atoms with Gasteiger partial charge in [0.1, 0.15) is 11.9 Å². The Labute approximate surface area is 196 Å². The van der Waals surface area contributed by atoms with Crippen LogP contribution < -0.4 is 26.0 Å². The van der Waals surface area contributed by atoms with Crippen LogP contribution in [0.5, 0.6) is 0 Å². The highest BCUT2D eigenvalue weighted by molar-refractivity contribution is 7.97. The van der Waals surface area contributed by atoms with Crippen molar-refractivity contribution in [2.24, 2.45) is 0 Å². The van der Waals surface area contributed by atoms with Crippen molar-refractivity contribution < 1.29 is 13.5 Å². The Balaban J connectivity index is 1.75. The fourth-order valence-electron chi connectivity index (χ4n) is 4.33. The Kier molecular flexibility index (Phi) is 7.32.